The number of H-pyrrole nitrogens is 1. The Bertz CT molecular complexity index is 851. The predicted molar refractivity (Wildman–Crippen MR) is 102 cm³/mol. The Morgan fingerprint density at radius 2 is 1.92 bits per heavy atom. The van der Waals surface area contributed by atoms with Crippen molar-refractivity contribution >= 4 is 35.2 Å². The van der Waals surface area contributed by atoms with E-state index >= 15 is 0 Å². The Hall–Kier alpha value is -1.85. The molecule has 5 nitrogen and oxygen atoms in total. The van der Waals surface area contributed by atoms with Crippen molar-refractivity contribution < 1.29 is 4.79 Å². The molecule has 0 bridgehead atoms. The number of rotatable bonds is 2. The molecule has 2 heterocycles. The maximum absolute atomic E-state index is 12.9. The van der Waals surface area contributed by atoms with Crippen LogP contribution in [0.3, 0.4) is 0 Å². The van der Waals surface area contributed by atoms with Crippen molar-refractivity contribution in [1.82, 2.24) is 20.3 Å². The summed E-state index contributed by atoms with van der Waals surface area (Å²) in [5.41, 5.74) is 4.21. The lowest BCUT2D eigenvalue weighted by atomic mass is 9.88. The quantitative estimate of drug-likeness (QED) is 0.844. The van der Waals surface area contributed by atoms with Crippen LogP contribution >= 0.6 is 23.2 Å². The number of hydrogen-bond acceptors (Lipinski definition) is 3. The molecule has 1 atom stereocenters. The van der Waals surface area contributed by atoms with Gasteiger partial charge < -0.3 is 4.90 Å². The Labute approximate surface area is 162 Å². The monoisotopic (exact) mass is 390 g/mol. The molecule has 136 valence electrons. The fraction of sp³-hybridized carbons (Fsp3) is 0.421. The zero-order valence-corrected chi connectivity index (χ0v) is 15.9. The molecule has 1 unspecified atom stereocenters. The molecule has 1 aromatic heterocycles. The van der Waals surface area contributed by atoms with E-state index in [4.69, 9.17) is 23.2 Å². The number of nitrogens with zero attached hydrogens (tertiary/aromatic N) is 3. The number of amides is 1. The molecule has 2 aromatic rings. The van der Waals surface area contributed by atoms with Crippen molar-refractivity contribution in [2.75, 3.05) is 13.1 Å². The third kappa shape index (κ3) is 3.64. The van der Waals surface area contributed by atoms with Crippen LogP contribution in [0.15, 0.2) is 23.8 Å². The fourth-order valence-corrected chi connectivity index (χ4v) is 4.11. The molecule has 26 heavy (non-hydrogen) atoms. The first kappa shape index (κ1) is 17.6. The van der Waals surface area contributed by atoms with Crippen molar-refractivity contribution in [3.63, 3.8) is 0 Å². The number of hydrogen-bond donors (Lipinski definition) is 1. The number of benzene rings is 1. The first-order valence-corrected chi connectivity index (χ1v) is 9.67. The Morgan fingerprint density at radius 3 is 2.73 bits per heavy atom. The molecule has 0 radical (unpaired) electrons. The summed E-state index contributed by atoms with van der Waals surface area (Å²) in [5.74, 6) is 0.277. The van der Waals surface area contributed by atoms with E-state index in [1.54, 1.807) is 6.07 Å². The predicted octanol–water partition coefficient (Wildman–Crippen LogP) is 3.92. The summed E-state index contributed by atoms with van der Waals surface area (Å²) >= 11 is 12.3. The lowest BCUT2D eigenvalue weighted by Crippen LogP contribution is -2.41. The highest BCUT2D eigenvalue weighted by Crippen LogP contribution is 2.28. The van der Waals surface area contributed by atoms with E-state index < -0.39 is 0 Å². The average molecular weight is 391 g/mol. The minimum absolute atomic E-state index is 0.0282. The number of likely N-dealkylation sites (tertiary alicyclic amines) is 1. The molecule has 1 N–H and O–H groups in total. The molecule has 1 fully saturated rings. The highest BCUT2D eigenvalue weighted by molar-refractivity contribution is 6.34. The van der Waals surface area contributed by atoms with Crippen LogP contribution in [-0.2, 0) is 17.6 Å². The van der Waals surface area contributed by atoms with Crippen molar-refractivity contribution in [3.05, 3.63) is 50.8 Å². The van der Waals surface area contributed by atoms with Gasteiger partial charge >= 0.3 is 0 Å². The Balaban J connectivity index is 1.38. The lowest BCUT2D eigenvalue weighted by Gasteiger charge is -2.32. The van der Waals surface area contributed by atoms with Gasteiger partial charge in [0.15, 0.2) is 0 Å². The second-order valence-electron chi connectivity index (χ2n) is 6.95. The van der Waals surface area contributed by atoms with E-state index in [0.29, 0.717) is 16.5 Å². The van der Waals surface area contributed by atoms with Crippen molar-refractivity contribution in [2.45, 2.75) is 32.1 Å². The zero-order valence-electron chi connectivity index (χ0n) is 14.3. The fourth-order valence-electron chi connectivity index (χ4n) is 3.76. The topological polar surface area (TPSA) is 61.9 Å². The van der Waals surface area contributed by atoms with E-state index in [-0.39, 0.29) is 11.8 Å². The normalized spacial score (nSPS) is 20.0. The summed E-state index contributed by atoms with van der Waals surface area (Å²) in [4.78, 5) is 14.9. The van der Waals surface area contributed by atoms with Crippen molar-refractivity contribution in [2.24, 2.45) is 5.92 Å². The maximum Gasteiger partial charge on any atom is 0.226 e. The molecule has 0 saturated carbocycles. The van der Waals surface area contributed by atoms with Crippen molar-refractivity contribution in [1.29, 1.82) is 0 Å². The number of piperidine rings is 1. The van der Waals surface area contributed by atoms with Crippen LogP contribution < -0.4 is 0 Å². The molecule has 7 heteroatoms. The number of aromatic nitrogens is 3. The van der Waals surface area contributed by atoms with Gasteiger partial charge in [-0.2, -0.15) is 15.4 Å². The summed E-state index contributed by atoms with van der Waals surface area (Å²) in [7, 11) is 0. The molecule has 4 rings (SSSR count). The number of halogens is 2. The van der Waals surface area contributed by atoms with Gasteiger partial charge in [-0.1, -0.05) is 34.9 Å². The number of fused-ring (bicyclic) bond motifs is 1. The smallest absolute Gasteiger partial charge is 0.226 e. The molecular weight excluding hydrogens is 371 g/mol. The summed E-state index contributed by atoms with van der Waals surface area (Å²) in [6.45, 7) is 1.51. The number of aromatic amines is 1. The first-order chi connectivity index (χ1) is 12.6. The highest BCUT2D eigenvalue weighted by Gasteiger charge is 2.31. The minimum Gasteiger partial charge on any atom is -0.342 e. The second-order valence-corrected chi connectivity index (χ2v) is 7.79. The van der Waals surface area contributed by atoms with Gasteiger partial charge in [-0.25, -0.2) is 0 Å². The maximum atomic E-state index is 12.9. The van der Waals surface area contributed by atoms with Gasteiger partial charge in [0, 0.05) is 35.5 Å². The molecule has 1 aromatic carbocycles. The van der Waals surface area contributed by atoms with Crippen LogP contribution in [0.2, 0.25) is 10.0 Å². The molecule has 1 saturated heterocycles. The Kier molecular flexibility index (Phi) is 5.00. The molecular formula is C19H20Cl2N4O. The summed E-state index contributed by atoms with van der Waals surface area (Å²) < 4.78 is 0. The SMILES string of the molecule is O=C(C1CCc2n[nH]nc2C1)N1CCC(=Cc2cc(Cl)ccc2Cl)CC1. The van der Waals surface area contributed by atoms with Crippen LogP contribution in [-0.4, -0.2) is 39.3 Å². The highest BCUT2D eigenvalue weighted by atomic mass is 35.5. The van der Waals surface area contributed by atoms with E-state index in [1.807, 2.05) is 17.0 Å². The van der Waals surface area contributed by atoms with Crippen LogP contribution in [0.25, 0.3) is 6.08 Å². The molecule has 0 spiro atoms. The van der Waals surface area contributed by atoms with Crippen LogP contribution in [0.5, 0.6) is 0 Å². The lowest BCUT2D eigenvalue weighted by molar-refractivity contribution is -0.136. The largest absolute Gasteiger partial charge is 0.342 e. The third-order valence-electron chi connectivity index (χ3n) is 5.26. The first-order valence-electron chi connectivity index (χ1n) is 8.92. The summed E-state index contributed by atoms with van der Waals surface area (Å²) in [6.07, 6.45) is 6.23. The standard InChI is InChI=1S/C19H20Cl2N4O/c20-15-2-3-16(21)14(10-15)9-12-5-7-25(8-6-12)19(26)13-1-4-17-18(11-13)23-24-22-17/h2-3,9-10,13H,1,4-8,11H2,(H,22,23,24). The van der Waals surface area contributed by atoms with Gasteiger partial charge in [0.05, 0.1) is 11.4 Å². The minimum atomic E-state index is 0.0282. The summed E-state index contributed by atoms with van der Waals surface area (Å²) in [6, 6.07) is 5.49. The van der Waals surface area contributed by atoms with Gasteiger partial charge in [0.25, 0.3) is 0 Å². The average Bonchev–Trinajstić information content (AvgIpc) is 3.12. The van der Waals surface area contributed by atoms with Gasteiger partial charge in [0.1, 0.15) is 0 Å². The van der Waals surface area contributed by atoms with E-state index in [9.17, 15) is 4.79 Å². The molecule has 2 aliphatic rings. The van der Waals surface area contributed by atoms with Crippen LogP contribution in [0.4, 0.5) is 0 Å². The van der Waals surface area contributed by atoms with Crippen LogP contribution in [0, 0.1) is 5.92 Å². The van der Waals surface area contributed by atoms with Gasteiger partial charge in [-0.15, -0.1) is 0 Å². The van der Waals surface area contributed by atoms with E-state index in [0.717, 1.165) is 55.7 Å². The van der Waals surface area contributed by atoms with Crippen LogP contribution in [0.1, 0.15) is 36.2 Å². The Morgan fingerprint density at radius 1 is 1.15 bits per heavy atom. The molecule has 1 aliphatic carbocycles. The molecule has 1 amide bonds. The van der Waals surface area contributed by atoms with E-state index in [1.165, 1.54) is 5.57 Å². The van der Waals surface area contributed by atoms with E-state index in [2.05, 4.69) is 21.5 Å². The van der Waals surface area contributed by atoms with Gasteiger partial charge in [-0.05, 0) is 49.4 Å². The number of carbonyl (C=O) groups is 1. The van der Waals surface area contributed by atoms with Gasteiger partial charge in [-0.3, -0.25) is 4.79 Å². The number of nitrogens with one attached hydrogen (secondary N) is 1. The number of aryl methyl sites for hydroxylation is 1. The summed E-state index contributed by atoms with van der Waals surface area (Å²) in [5, 5.41) is 12.4. The third-order valence-corrected chi connectivity index (χ3v) is 5.84. The number of carbonyl (C=O) groups excluding carboxylic acids is 1. The zero-order chi connectivity index (χ0) is 18.1. The molecule has 1 aliphatic heterocycles. The van der Waals surface area contributed by atoms with Gasteiger partial charge in [0.2, 0.25) is 5.91 Å². The van der Waals surface area contributed by atoms with Crippen molar-refractivity contribution in [3.8, 4) is 0 Å². The second kappa shape index (κ2) is 7.41.